The first-order valence-electron chi connectivity index (χ1n) is 3.77. The molecule has 0 amide bonds. The Morgan fingerprint density at radius 2 is 0.950 bits per heavy atom. The van der Waals surface area contributed by atoms with Gasteiger partial charge in [0.1, 0.15) is 0 Å². The van der Waals surface area contributed by atoms with E-state index < -0.39 is 39.8 Å². The molecule has 2 atom stereocenters. The van der Waals surface area contributed by atoms with Crippen LogP contribution in [0.2, 0.25) is 0 Å². The van der Waals surface area contributed by atoms with Gasteiger partial charge in [0.25, 0.3) is 0 Å². The van der Waals surface area contributed by atoms with Gasteiger partial charge in [0.2, 0.25) is 0 Å². The Hall–Kier alpha value is 0.225. The summed E-state index contributed by atoms with van der Waals surface area (Å²) in [5.74, 6) is -4.17. The van der Waals surface area contributed by atoms with Gasteiger partial charge in [0, 0.05) is 0 Å². The van der Waals surface area contributed by atoms with Crippen molar-refractivity contribution in [1.82, 2.24) is 0 Å². The Morgan fingerprint density at radius 1 is 0.750 bits per heavy atom. The van der Waals surface area contributed by atoms with Crippen molar-refractivity contribution in [1.29, 1.82) is 0 Å². The maximum Gasteiger partial charge on any atom is 0.527 e. The molecule has 20 heavy (non-hydrogen) atoms. The van der Waals surface area contributed by atoms with Gasteiger partial charge in [-0.2, -0.15) is 0 Å². The number of phosphoric ester groups is 2. The molecule has 0 heterocycles. The summed E-state index contributed by atoms with van der Waals surface area (Å²) in [4.78, 5) is 54.2. The number of carbonyl (C=O) groups excluding carboxylic acids is 2. The molecular formula is C4H14Al2O12P2. The molecule has 0 aromatic carbocycles. The number of aliphatic hydroxyl groups excluding tert-OH is 2. The fraction of sp³-hybridized carbons (Fsp3) is 0.500. The summed E-state index contributed by atoms with van der Waals surface area (Å²) in [5, 5.41) is 17.8. The highest BCUT2D eigenvalue weighted by Gasteiger charge is 2.38. The smallest absolute Gasteiger partial charge is 0.379 e. The summed E-state index contributed by atoms with van der Waals surface area (Å²) in [5.41, 5.74) is 0. The van der Waals surface area contributed by atoms with Crippen LogP contribution in [0.4, 0.5) is 0 Å². The number of aliphatic hydroxyl groups is 2. The van der Waals surface area contributed by atoms with Crippen molar-refractivity contribution >= 4 is 62.3 Å². The van der Waals surface area contributed by atoms with E-state index in [0.29, 0.717) is 0 Å². The van der Waals surface area contributed by atoms with Crippen molar-refractivity contribution in [3.05, 3.63) is 0 Å². The van der Waals surface area contributed by atoms with Gasteiger partial charge in [0.05, 0.1) is 0 Å². The summed E-state index contributed by atoms with van der Waals surface area (Å²) in [6, 6.07) is 0. The van der Waals surface area contributed by atoms with Crippen molar-refractivity contribution in [3.63, 3.8) is 0 Å². The van der Waals surface area contributed by atoms with Gasteiger partial charge in [0.15, 0.2) is 46.9 Å². The van der Waals surface area contributed by atoms with Gasteiger partial charge in [-0.1, -0.05) is 0 Å². The first-order chi connectivity index (χ1) is 7.83. The molecule has 0 aromatic heterocycles. The lowest BCUT2D eigenvalue weighted by atomic mass is 10.2. The van der Waals surface area contributed by atoms with E-state index in [1.807, 2.05) is 0 Å². The molecule has 0 aliphatic rings. The van der Waals surface area contributed by atoms with Crippen molar-refractivity contribution < 1.29 is 57.6 Å². The van der Waals surface area contributed by atoms with Crippen molar-refractivity contribution in [2.75, 3.05) is 0 Å². The summed E-state index contributed by atoms with van der Waals surface area (Å²) in [7, 11) is -10.6. The Bertz CT molecular complexity index is 385. The van der Waals surface area contributed by atoms with Crippen LogP contribution in [0, 0.1) is 0 Å². The predicted molar refractivity (Wildman–Crippen MR) is 68.2 cm³/mol. The zero-order valence-corrected chi connectivity index (χ0v) is 9.97. The zero-order valence-electron chi connectivity index (χ0n) is 8.18. The molecule has 0 radical (unpaired) electrons. The lowest BCUT2D eigenvalue weighted by molar-refractivity contribution is -0.164. The summed E-state index contributed by atoms with van der Waals surface area (Å²) < 4.78 is 27.0. The maximum atomic E-state index is 10.7. The summed E-state index contributed by atoms with van der Waals surface area (Å²) in [6.07, 6.45) is -5.59. The second-order valence-corrected chi connectivity index (χ2v) is 5.02. The predicted octanol–water partition coefficient (Wildman–Crippen LogP) is -5.39. The van der Waals surface area contributed by atoms with Crippen LogP contribution in [0.1, 0.15) is 0 Å². The van der Waals surface area contributed by atoms with E-state index in [0.717, 1.165) is 0 Å². The highest BCUT2D eigenvalue weighted by Crippen LogP contribution is 2.38. The van der Waals surface area contributed by atoms with Crippen LogP contribution in [-0.2, 0) is 27.8 Å². The molecule has 0 aliphatic carbocycles. The van der Waals surface area contributed by atoms with E-state index in [4.69, 9.17) is 29.8 Å². The second-order valence-electron chi connectivity index (χ2n) is 2.69. The van der Waals surface area contributed by atoms with Crippen molar-refractivity contribution in [2.24, 2.45) is 0 Å². The summed E-state index contributed by atoms with van der Waals surface area (Å²) >= 11 is 0. The van der Waals surface area contributed by atoms with Crippen LogP contribution in [0.3, 0.4) is 0 Å². The molecule has 0 saturated heterocycles. The van der Waals surface area contributed by atoms with Crippen LogP contribution in [0.15, 0.2) is 0 Å². The minimum absolute atomic E-state index is 0. The van der Waals surface area contributed by atoms with E-state index in [9.17, 15) is 18.7 Å². The molecule has 0 aromatic rings. The van der Waals surface area contributed by atoms with Crippen LogP contribution in [0.5, 0.6) is 0 Å². The molecule has 118 valence electrons. The fourth-order valence-electron chi connectivity index (χ4n) is 0.600. The number of hydrogen-bond donors (Lipinski definition) is 6. The lowest BCUT2D eigenvalue weighted by Crippen LogP contribution is -2.41. The van der Waals surface area contributed by atoms with E-state index in [-0.39, 0.29) is 34.7 Å². The quantitative estimate of drug-likeness (QED) is 0.198. The van der Waals surface area contributed by atoms with E-state index in [1.165, 1.54) is 0 Å². The molecule has 0 rings (SSSR count). The molecule has 16 heteroatoms. The Kier molecular flexibility index (Phi) is 11.7. The molecule has 0 fully saturated rings. The average Bonchev–Trinajstić information content (AvgIpc) is 2.09. The lowest BCUT2D eigenvalue weighted by Gasteiger charge is -2.15. The molecular weight excluding hydrogens is 356 g/mol. The fourth-order valence-corrected chi connectivity index (χ4v) is 1.29. The Balaban J connectivity index is -0.00000144. The second kappa shape index (κ2) is 9.28. The van der Waals surface area contributed by atoms with Crippen molar-refractivity contribution in [2.45, 2.75) is 12.2 Å². The van der Waals surface area contributed by atoms with Gasteiger partial charge in [-0.25, -0.2) is 18.7 Å². The molecule has 0 bridgehead atoms. The molecule has 0 aliphatic heterocycles. The third-order valence-electron chi connectivity index (χ3n) is 1.20. The van der Waals surface area contributed by atoms with Gasteiger partial charge in [-0.15, -0.1) is 0 Å². The minimum atomic E-state index is -5.31. The summed E-state index contributed by atoms with van der Waals surface area (Å²) in [6.45, 7) is 0. The average molecular weight is 370 g/mol. The van der Waals surface area contributed by atoms with Crippen LogP contribution < -0.4 is 0 Å². The normalized spacial score (nSPS) is 14.1. The van der Waals surface area contributed by atoms with Crippen LogP contribution in [0.25, 0.3) is 0 Å². The van der Waals surface area contributed by atoms with E-state index in [1.54, 1.807) is 0 Å². The van der Waals surface area contributed by atoms with Gasteiger partial charge >= 0.3 is 27.6 Å². The molecule has 6 N–H and O–H groups in total. The highest BCUT2D eigenvalue weighted by atomic mass is 31.2. The largest absolute Gasteiger partial charge is 0.527 e. The minimum Gasteiger partial charge on any atom is -0.379 e. The van der Waals surface area contributed by atoms with Gasteiger partial charge in [-0.3, -0.25) is 19.6 Å². The van der Waals surface area contributed by atoms with Crippen molar-refractivity contribution in [3.8, 4) is 0 Å². The molecule has 0 saturated carbocycles. The molecule has 0 spiro atoms. The first-order valence-corrected chi connectivity index (χ1v) is 6.83. The zero-order chi connectivity index (χ0) is 14.7. The number of carbonyl (C=O) groups is 2. The van der Waals surface area contributed by atoms with E-state index >= 15 is 0 Å². The highest BCUT2D eigenvalue weighted by molar-refractivity contribution is 7.47. The molecule has 12 nitrogen and oxygen atoms in total. The number of phosphoric acid groups is 2. The number of rotatable bonds is 5. The number of hydrogen-bond acceptors (Lipinski definition) is 8. The topological polar surface area (TPSA) is 208 Å². The van der Waals surface area contributed by atoms with Gasteiger partial charge in [-0.05, 0) is 0 Å². The SMILES string of the molecule is O=C(OP(=O)(O)O)C(O)C(O)C(=O)OP(=O)(O)O.[AlH3].[AlH3]. The third kappa shape index (κ3) is 10.9. The maximum absolute atomic E-state index is 10.7. The molecule has 2 unspecified atom stereocenters. The monoisotopic (exact) mass is 370 g/mol. The van der Waals surface area contributed by atoms with Crippen LogP contribution in [-0.4, -0.2) is 88.7 Å². The standard InChI is InChI=1S/C4H8O12P2.2Al.6H/c5-1(3(7)15-17(9,10)11)2(6)4(8)16-18(12,13)14;;;;;;;;/h1-2,5-6H,(H2,9,10,11)(H2,12,13,14);;;;;;;;. The third-order valence-corrected chi connectivity index (χ3v) is 2.04. The van der Waals surface area contributed by atoms with Crippen LogP contribution >= 0.6 is 15.6 Å². The van der Waals surface area contributed by atoms with Gasteiger partial charge < -0.3 is 19.3 Å². The Morgan fingerprint density at radius 3 is 1.10 bits per heavy atom. The first kappa shape index (κ1) is 25.2. The van der Waals surface area contributed by atoms with E-state index in [2.05, 4.69) is 9.05 Å². The Labute approximate surface area is 132 Å².